The summed E-state index contributed by atoms with van der Waals surface area (Å²) in [7, 11) is -1.08. The Balaban J connectivity index is 1.83. The minimum Gasteiger partial charge on any atom is -0.500 e. The topological polar surface area (TPSA) is 44.8 Å². The van der Waals surface area contributed by atoms with Crippen LogP contribution >= 0.6 is 0 Å². The summed E-state index contributed by atoms with van der Waals surface area (Å²) >= 11 is 0. The molecule has 4 nitrogen and oxygen atoms in total. The van der Waals surface area contributed by atoms with E-state index in [9.17, 15) is 4.79 Å². The maximum absolute atomic E-state index is 11.8. The first-order chi connectivity index (χ1) is 14.7. The van der Waals surface area contributed by atoms with Crippen LogP contribution in [-0.4, -0.2) is 13.3 Å². The molecule has 1 aliphatic heterocycles. The van der Waals surface area contributed by atoms with Crippen LogP contribution in [0.3, 0.4) is 0 Å². The maximum atomic E-state index is 11.8. The minimum atomic E-state index is -1.08. The summed E-state index contributed by atoms with van der Waals surface area (Å²) in [6.07, 6.45) is 10.4. The van der Waals surface area contributed by atoms with E-state index in [0.29, 0.717) is 5.76 Å². The molecule has 0 bridgehead atoms. The predicted molar refractivity (Wildman–Crippen MR) is 118 cm³/mol. The van der Waals surface area contributed by atoms with Crippen molar-refractivity contribution >= 4 is 19.0 Å². The highest BCUT2D eigenvalue weighted by Crippen LogP contribution is 2.46. The van der Waals surface area contributed by atoms with Crippen LogP contribution in [-0.2, 0) is 24.4 Å². The molecule has 0 radical (unpaired) electrons. The second kappa shape index (κ2) is 9.52. The van der Waals surface area contributed by atoms with Crippen molar-refractivity contribution in [1.29, 1.82) is 0 Å². The minimum absolute atomic E-state index is 0.279. The zero-order valence-corrected chi connectivity index (χ0v) is 17.6. The smallest absolute Gasteiger partial charge is 0.500 e. The highest BCUT2D eigenvalue weighted by molar-refractivity contribution is 6.41. The fourth-order valence-electron chi connectivity index (χ4n) is 4.67. The Morgan fingerprint density at radius 3 is 2.17 bits per heavy atom. The Labute approximate surface area is 179 Å². The summed E-state index contributed by atoms with van der Waals surface area (Å²) < 4.78 is 18.0. The second-order valence-electron chi connectivity index (χ2n) is 8.21. The third-order valence-electron chi connectivity index (χ3n) is 6.12. The average Bonchev–Trinajstić information content (AvgIpc) is 2.74. The van der Waals surface area contributed by atoms with Gasteiger partial charge in [-0.05, 0) is 30.4 Å². The Morgan fingerprint density at radius 1 is 0.933 bits per heavy atom. The van der Waals surface area contributed by atoms with Gasteiger partial charge in [-0.15, -0.1) is 0 Å². The molecular weight excluding hydrogens is 375 g/mol. The van der Waals surface area contributed by atoms with E-state index in [-0.39, 0.29) is 5.92 Å². The van der Waals surface area contributed by atoms with Crippen LogP contribution in [0, 0.1) is 5.92 Å². The van der Waals surface area contributed by atoms with E-state index in [0.717, 1.165) is 24.0 Å². The zero-order chi connectivity index (χ0) is 20.8. The third kappa shape index (κ3) is 4.62. The molecule has 2 aliphatic rings. The van der Waals surface area contributed by atoms with Crippen molar-refractivity contribution in [3.05, 3.63) is 77.9 Å². The van der Waals surface area contributed by atoms with Crippen LogP contribution in [0.2, 0.25) is 0 Å². The highest BCUT2D eigenvalue weighted by Gasteiger charge is 2.50. The largest absolute Gasteiger partial charge is 0.790 e. The second-order valence-corrected chi connectivity index (χ2v) is 8.21. The molecule has 0 aromatic heterocycles. The van der Waals surface area contributed by atoms with Gasteiger partial charge in [-0.25, -0.2) is 0 Å². The quantitative estimate of drug-likeness (QED) is 0.597. The number of hydrogen-bond acceptors (Lipinski definition) is 4. The fourth-order valence-corrected chi connectivity index (χ4v) is 4.67. The molecule has 4 rings (SSSR count). The summed E-state index contributed by atoms with van der Waals surface area (Å²) in [4.78, 5) is 11.8. The fraction of sp³-hybridized carbons (Fsp3) is 0.400. The molecule has 0 spiro atoms. The molecule has 156 valence electrons. The number of carbonyl (C=O) groups is 1. The van der Waals surface area contributed by atoms with Gasteiger partial charge in [-0.2, -0.15) is 0 Å². The van der Waals surface area contributed by atoms with E-state index < -0.39 is 18.9 Å². The van der Waals surface area contributed by atoms with Gasteiger partial charge in [0, 0.05) is 12.5 Å². The van der Waals surface area contributed by atoms with E-state index in [4.69, 9.17) is 14.0 Å². The molecule has 0 saturated heterocycles. The lowest BCUT2D eigenvalue weighted by molar-refractivity contribution is -0.137. The van der Waals surface area contributed by atoms with Crippen LogP contribution in [0.1, 0.15) is 63.0 Å². The predicted octanol–water partition coefficient (Wildman–Crippen LogP) is 5.88. The molecule has 2 aromatic carbocycles. The van der Waals surface area contributed by atoms with Crippen LogP contribution in [0.25, 0.3) is 5.76 Å². The Hall–Kier alpha value is -2.53. The lowest BCUT2D eigenvalue weighted by Gasteiger charge is -2.43. The first kappa shape index (κ1) is 20.7. The molecular formula is C25H29BO4. The van der Waals surface area contributed by atoms with E-state index in [1.807, 2.05) is 48.5 Å². The van der Waals surface area contributed by atoms with Gasteiger partial charge in [0.2, 0.25) is 0 Å². The molecule has 1 atom stereocenters. The Morgan fingerprint density at radius 2 is 1.53 bits per heavy atom. The monoisotopic (exact) mass is 404 g/mol. The number of carbonyl (C=O) groups excluding carboxylic acids is 1. The van der Waals surface area contributed by atoms with E-state index in [2.05, 4.69) is 18.2 Å². The lowest BCUT2D eigenvalue weighted by Crippen LogP contribution is -2.47. The van der Waals surface area contributed by atoms with Crippen LogP contribution < -0.4 is 0 Å². The molecule has 5 heteroatoms. The molecule has 2 aromatic rings. The standard InChI is InChI=1S/C25H29BO4/c1-20(27)28-26-29-24(21-13-7-5-8-14-21)19-25(30-26,23-17-11-6-12-18-23)22-15-9-3-2-4-10-16-22/h5-8,11-14,17-19,22H,2-4,9-10,15-16H2,1H3. The first-order valence-corrected chi connectivity index (χ1v) is 11.0. The van der Waals surface area contributed by atoms with Crippen LogP contribution in [0.15, 0.2) is 66.7 Å². The van der Waals surface area contributed by atoms with Crippen molar-refractivity contribution in [1.82, 2.24) is 0 Å². The van der Waals surface area contributed by atoms with Crippen LogP contribution in [0.4, 0.5) is 0 Å². The summed E-state index contributed by atoms with van der Waals surface area (Å²) in [6.45, 7) is 1.38. The summed E-state index contributed by atoms with van der Waals surface area (Å²) in [5.41, 5.74) is 1.32. The first-order valence-electron chi connectivity index (χ1n) is 11.0. The van der Waals surface area contributed by atoms with Crippen molar-refractivity contribution in [2.75, 3.05) is 0 Å². The number of benzene rings is 2. The molecule has 1 aliphatic carbocycles. The Bertz CT molecular complexity index is 859. The molecule has 0 amide bonds. The Kier molecular flexibility index (Phi) is 6.58. The van der Waals surface area contributed by atoms with Crippen molar-refractivity contribution in [2.24, 2.45) is 5.92 Å². The molecule has 1 unspecified atom stereocenters. The van der Waals surface area contributed by atoms with Crippen molar-refractivity contribution in [3.8, 4) is 0 Å². The normalized spacial score (nSPS) is 23.0. The van der Waals surface area contributed by atoms with Gasteiger partial charge in [-0.3, -0.25) is 4.79 Å². The molecule has 0 N–H and O–H groups in total. The number of rotatable bonds is 4. The van der Waals surface area contributed by atoms with Crippen molar-refractivity contribution < 1.29 is 18.8 Å². The molecule has 30 heavy (non-hydrogen) atoms. The van der Waals surface area contributed by atoms with Gasteiger partial charge < -0.3 is 14.0 Å². The van der Waals surface area contributed by atoms with Gasteiger partial charge in [0.05, 0.1) is 0 Å². The van der Waals surface area contributed by atoms with E-state index in [1.165, 1.54) is 39.0 Å². The van der Waals surface area contributed by atoms with E-state index in [1.54, 1.807) is 0 Å². The summed E-state index contributed by atoms with van der Waals surface area (Å²) in [5, 5.41) is 0. The van der Waals surface area contributed by atoms with Gasteiger partial charge in [0.1, 0.15) is 11.4 Å². The lowest BCUT2D eigenvalue weighted by atomic mass is 9.72. The van der Waals surface area contributed by atoms with Crippen molar-refractivity contribution in [2.45, 2.75) is 57.5 Å². The van der Waals surface area contributed by atoms with Gasteiger partial charge in [0.25, 0.3) is 5.97 Å². The highest BCUT2D eigenvalue weighted by atomic mass is 16.8. The maximum Gasteiger partial charge on any atom is 0.790 e. The average molecular weight is 404 g/mol. The molecule has 1 heterocycles. The van der Waals surface area contributed by atoms with Crippen molar-refractivity contribution in [3.63, 3.8) is 0 Å². The third-order valence-corrected chi connectivity index (χ3v) is 6.12. The summed E-state index contributed by atoms with van der Waals surface area (Å²) in [5.74, 6) is 0.550. The van der Waals surface area contributed by atoms with E-state index >= 15 is 0 Å². The SMILES string of the molecule is CC(=O)OB1OC(c2ccccc2)=CC(c2ccccc2)(C2CCCCCCC2)O1. The number of hydrogen-bond donors (Lipinski definition) is 0. The molecule has 1 fully saturated rings. The van der Waals surface area contributed by atoms with Gasteiger partial charge in [0.15, 0.2) is 0 Å². The van der Waals surface area contributed by atoms with Crippen LogP contribution in [0.5, 0.6) is 0 Å². The summed E-state index contributed by atoms with van der Waals surface area (Å²) in [6, 6.07) is 20.3. The zero-order valence-electron chi connectivity index (χ0n) is 17.6. The molecule has 1 saturated carbocycles. The van der Waals surface area contributed by atoms with Gasteiger partial charge in [-0.1, -0.05) is 92.8 Å². The van der Waals surface area contributed by atoms with Gasteiger partial charge >= 0.3 is 7.32 Å².